The predicted octanol–water partition coefficient (Wildman–Crippen LogP) is 0.0740. The van der Waals surface area contributed by atoms with Crippen LogP contribution in [0.2, 0.25) is 0 Å². The third-order valence-electron chi connectivity index (χ3n) is 6.75. The van der Waals surface area contributed by atoms with Crippen molar-refractivity contribution in [1.82, 2.24) is 24.2 Å². The zero-order valence-electron chi connectivity index (χ0n) is 19.5. The van der Waals surface area contributed by atoms with Crippen molar-refractivity contribution in [2.24, 2.45) is 0 Å². The fourth-order valence-corrected chi connectivity index (χ4v) is 5.15. The number of amides is 1. The van der Waals surface area contributed by atoms with Crippen molar-refractivity contribution < 1.29 is 42.9 Å². The van der Waals surface area contributed by atoms with Crippen LogP contribution in [0, 0.1) is 0 Å². The minimum atomic E-state index is -3.88. The topological polar surface area (TPSA) is 198 Å². The van der Waals surface area contributed by atoms with Crippen LogP contribution >= 0.6 is 12.2 Å². The minimum absolute atomic E-state index is 0.0895. The molecule has 0 bridgehead atoms. The molecule has 0 radical (unpaired) electrons. The summed E-state index contributed by atoms with van der Waals surface area (Å²) in [4.78, 5) is 24.2. The number of alkyl halides is 2. The fraction of sp³-hybridized carbons (Fsp3) is 0.455. The van der Waals surface area contributed by atoms with E-state index in [1.54, 1.807) is 0 Å². The summed E-state index contributed by atoms with van der Waals surface area (Å²) >= 11 is 0.475. The van der Waals surface area contributed by atoms with Gasteiger partial charge in [0.25, 0.3) is 0 Å². The number of nitrogen functional groups attached to an aromatic ring is 1. The molecule has 13 nitrogen and oxygen atoms in total. The number of nitrogens with two attached hydrogens (primary N) is 1. The van der Waals surface area contributed by atoms with E-state index in [1.165, 1.54) is 41.5 Å². The quantitative estimate of drug-likeness (QED) is 0.125. The Morgan fingerprint density at radius 2 is 1.97 bits per heavy atom. The number of carbonyl (C=O) groups is 1. The minimum Gasteiger partial charge on any atom is -0.387 e. The van der Waals surface area contributed by atoms with E-state index >= 15 is 0 Å². The molecule has 6 atom stereocenters. The Balaban J connectivity index is 1.12. The largest absolute Gasteiger partial charge is 0.387 e. The smallest absolute Gasteiger partial charge is 0.309 e. The number of imidazole rings is 1. The molecule has 3 aromatic rings. The number of aromatic nitrogens is 4. The summed E-state index contributed by atoms with van der Waals surface area (Å²) < 4.78 is 44.0. The molecule has 5 rings (SSSR count). The lowest BCUT2D eigenvalue weighted by molar-refractivity contribution is -0.226. The highest BCUT2D eigenvalue weighted by atomic mass is 32.2. The molecule has 1 amide bonds. The Morgan fingerprint density at radius 1 is 1.21 bits per heavy atom. The lowest BCUT2D eigenvalue weighted by atomic mass is 9.88. The number of fused-ring (bicyclic) bond motifs is 2. The van der Waals surface area contributed by atoms with Crippen LogP contribution in [0.5, 0.6) is 0 Å². The first-order valence-corrected chi connectivity index (χ1v) is 12.2. The van der Waals surface area contributed by atoms with Crippen molar-refractivity contribution in [1.29, 1.82) is 0 Å². The first kappa shape index (κ1) is 26.6. The number of aliphatic hydroxyl groups excluding tert-OH is 3. The molecule has 2 unspecified atom stereocenters. The highest BCUT2D eigenvalue weighted by molar-refractivity contribution is 7.93. The van der Waals surface area contributed by atoms with Crippen LogP contribution in [-0.4, -0.2) is 76.7 Å². The number of hydrogen-bond acceptors (Lipinski definition) is 12. The number of nitrogens with zero attached hydrogens (tertiary/aromatic N) is 4. The van der Waals surface area contributed by atoms with E-state index in [-0.39, 0.29) is 23.6 Å². The molecule has 1 aromatic carbocycles. The van der Waals surface area contributed by atoms with Crippen molar-refractivity contribution in [3.63, 3.8) is 0 Å². The molecular weight excluding hydrogens is 530 g/mol. The second-order valence-corrected chi connectivity index (χ2v) is 9.60. The summed E-state index contributed by atoms with van der Waals surface area (Å²) in [6.07, 6.45) is -5.52. The van der Waals surface area contributed by atoms with Crippen LogP contribution in [0.4, 0.5) is 14.6 Å². The second kappa shape index (κ2) is 9.96. The number of ether oxygens (including phenoxy) is 1. The molecule has 16 heteroatoms. The Bertz CT molecular complexity index is 1350. The monoisotopic (exact) mass is 554 g/mol. The molecule has 38 heavy (non-hydrogen) atoms. The molecule has 1 aliphatic carbocycles. The Morgan fingerprint density at radius 3 is 2.76 bits per heavy atom. The molecule has 0 saturated carbocycles. The number of nitrogens with one attached hydrogen (secondary N) is 1. The fourth-order valence-electron chi connectivity index (χ4n) is 4.69. The average Bonchev–Trinajstić information content (AvgIpc) is 3.50. The number of carbonyl (C=O) groups excluding carboxylic acids is 1. The van der Waals surface area contributed by atoms with Gasteiger partial charge in [0.2, 0.25) is 5.91 Å². The molecule has 0 spiro atoms. The first-order chi connectivity index (χ1) is 18.1. The van der Waals surface area contributed by atoms with Crippen molar-refractivity contribution in [2.45, 2.75) is 55.0 Å². The molecule has 1 saturated heterocycles. The second-order valence-electron chi connectivity index (χ2n) is 9.00. The molecule has 2 aliphatic rings. The van der Waals surface area contributed by atoms with Gasteiger partial charge in [-0.2, -0.15) is 8.78 Å². The summed E-state index contributed by atoms with van der Waals surface area (Å²) in [6, 6.07) is 5.52. The van der Waals surface area contributed by atoms with E-state index in [0.29, 0.717) is 23.4 Å². The highest BCUT2D eigenvalue weighted by Gasteiger charge is 2.64. The lowest BCUT2D eigenvalue weighted by Crippen LogP contribution is -2.44. The van der Waals surface area contributed by atoms with Gasteiger partial charge in [-0.1, -0.05) is 24.3 Å². The van der Waals surface area contributed by atoms with Gasteiger partial charge in [-0.25, -0.2) is 15.0 Å². The van der Waals surface area contributed by atoms with Crippen LogP contribution in [0.25, 0.3) is 11.2 Å². The highest BCUT2D eigenvalue weighted by Crippen LogP contribution is 2.56. The van der Waals surface area contributed by atoms with Crippen molar-refractivity contribution in [2.75, 3.05) is 12.3 Å². The molecular formula is C22H24F2N6O7S. The maximum Gasteiger partial charge on any atom is 0.309 e. The van der Waals surface area contributed by atoms with Gasteiger partial charge >= 0.3 is 5.92 Å². The van der Waals surface area contributed by atoms with E-state index in [9.17, 15) is 34.0 Å². The van der Waals surface area contributed by atoms with Crippen molar-refractivity contribution >= 4 is 35.1 Å². The predicted molar refractivity (Wildman–Crippen MR) is 127 cm³/mol. The van der Waals surface area contributed by atoms with Crippen LogP contribution in [-0.2, 0) is 19.3 Å². The van der Waals surface area contributed by atoms with Crippen LogP contribution in [0.3, 0.4) is 0 Å². The van der Waals surface area contributed by atoms with Gasteiger partial charge in [-0.05, 0) is 17.5 Å². The zero-order chi connectivity index (χ0) is 27.2. The SMILES string of the molecule is Nc1ncnc2c1ncn2[C@@H]1O[C@H](COSNC(=O)CCC2(O)c3ccccc3C(O)C2(F)F)[C@@H](O)[C@H]1O. The maximum atomic E-state index is 14.7. The third kappa shape index (κ3) is 4.27. The molecule has 3 heterocycles. The molecule has 1 aliphatic heterocycles. The van der Waals surface area contributed by atoms with Gasteiger partial charge in [-0.3, -0.25) is 18.3 Å². The molecule has 204 valence electrons. The number of rotatable bonds is 8. The number of aliphatic hydroxyl groups is 4. The summed E-state index contributed by atoms with van der Waals surface area (Å²) in [6.45, 7) is -0.259. The normalized spacial score (nSPS) is 30.0. The summed E-state index contributed by atoms with van der Waals surface area (Å²) in [5, 5.41) is 41.5. The van der Waals surface area contributed by atoms with Gasteiger partial charge in [0, 0.05) is 6.42 Å². The first-order valence-electron chi connectivity index (χ1n) is 11.5. The molecule has 1 fully saturated rings. The van der Waals surface area contributed by atoms with Gasteiger partial charge in [-0.15, -0.1) is 0 Å². The van der Waals surface area contributed by atoms with E-state index in [1.807, 2.05) is 0 Å². The van der Waals surface area contributed by atoms with E-state index in [4.69, 9.17) is 14.7 Å². The van der Waals surface area contributed by atoms with Gasteiger partial charge in [0.15, 0.2) is 23.3 Å². The van der Waals surface area contributed by atoms with Crippen LogP contribution in [0.15, 0.2) is 36.9 Å². The van der Waals surface area contributed by atoms with E-state index < -0.39 is 60.9 Å². The molecule has 2 aromatic heterocycles. The van der Waals surface area contributed by atoms with Crippen LogP contribution < -0.4 is 10.5 Å². The number of benzene rings is 1. The van der Waals surface area contributed by atoms with Crippen LogP contribution in [0.1, 0.15) is 36.3 Å². The number of hydrogen-bond donors (Lipinski definition) is 6. The average molecular weight is 555 g/mol. The lowest BCUT2D eigenvalue weighted by Gasteiger charge is -2.31. The van der Waals surface area contributed by atoms with Crippen molar-refractivity contribution in [3.05, 3.63) is 48.0 Å². The maximum absolute atomic E-state index is 14.7. The third-order valence-corrected chi connectivity index (χ3v) is 7.32. The Kier molecular flexibility index (Phi) is 6.97. The summed E-state index contributed by atoms with van der Waals surface area (Å²) in [7, 11) is 0. The number of halogens is 2. The van der Waals surface area contributed by atoms with Gasteiger partial charge < -0.3 is 30.9 Å². The van der Waals surface area contributed by atoms with E-state index in [0.717, 1.165) is 0 Å². The zero-order valence-corrected chi connectivity index (χ0v) is 20.3. The Hall–Kier alpha value is -2.99. The number of anilines is 1. The van der Waals surface area contributed by atoms with Gasteiger partial charge in [0.1, 0.15) is 48.5 Å². The van der Waals surface area contributed by atoms with Crippen molar-refractivity contribution in [3.8, 4) is 0 Å². The van der Waals surface area contributed by atoms with Gasteiger partial charge in [0.05, 0.1) is 12.9 Å². The summed E-state index contributed by atoms with van der Waals surface area (Å²) in [5.74, 6) is -4.46. The standard InChI is InChI=1S/C22H24F2N6O7S/c23-22(24)17(34)10-3-1-2-4-11(10)21(22,35)6-5-13(31)29-38-36-7-12-15(32)16(33)20(37-12)30-9-28-14-18(25)26-8-27-19(14)30/h1-4,8-9,12,15-17,20,32-35H,5-7H2,(H,29,31)(H2,25,26,27)/t12-,15-,16-,17?,20-,21?/m1/s1. The summed E-state index contributed by atoms with van der Waals surface area (Å²) in [5.41, 5.74) is 3.43. The van der Waals surface area contributed by atoms with E-state index in [2.05, 4.69) is 19.7 Å². The Labute approximate surface area is 218 Å². The molecule has 7 N–H and O–H groups in total.